The Hall–Kier alpha value is -1.04. The van der Waals surface area contributed by atoms with E-state index in [1.165, 1.54) is 16.7 Å². The van der Waals surface area contributed by atoms with Crippen LogP contribution in [0.3, 0.4) is 0 Å². The molecule has 0 N–H and O–H groups in total. The highest BCUT2D eigenvalue weighted by Crippen LogP contribution is 2.24. The van der Waals surface area contributed by atoms with Crippen molar-refractivity contribution in [2.24, 2.45) is 0 Å². The zero-order chi connectivity index (χ0) is 10.7. The summed E-state index contributed by atoms with van der Waals surface area (Å²) in [5, 5.41) is 0. The van der Waals surface area contributed by atoms with Gasteiger partial charge < -0.3 is 0 Å². The summed E-state index contributed by atoms with van der Waals surface area (Å²) in [6.45, 7) is 12.7. The van der Waals surface area contributed by atoms with Gasteiger partial charge in [0, 0.05) is 0 Å². The summed E-state index contributed by atoms with van der Waals surface area (Å²) in [5.74, 6) is 1.07. The predicted octanol–water partition coefficient (Wildman–Crippen LogP) is 4.41. The van der Waals surface area contributed by atoms with Gasteiger partial charge in [-0.05, 0) is 35.4 Å². The third-order valence-electron chi connectivity index (χ3n) is 2.80. The first-order valence-electron chi connectivity index (χ1n) is 5.29. The van der Waals surface area contributed by atoms with Crippen LogP contribution in [0.2, 0.25) is 0 Å². The quantitative estimate of drug-likeness (QED) is 0.616. The Balaban J connectivity index is 3.06. The molecule has 0 aliphatic heterocycles. The van der Waals surface area contributed by atoms with Gasteiger partial charge in [-0.15, -0.1) is 6.58 Å². The van der Waals surface area contributed by atoms with Crippen LogP contribution < -0.4 is 0 Å². The molecule has 0 heterocycles. The Kier molecular flexibility index (Phi) is 3.51. The number of benzene rings is 1. The Morgan fingerprint density at radius 1 is 1.21 bits per heavy atom. The summed E-state index contributed by atoms with van der Waals surface area (Å²) < 4.78 is 0. The fraction of sp³-hybridized carbons (Fsp3) is 0.429. The van der Waals surface area contributed by atoms with Crippen molar-refractivity contribution in [1.29, 1.82) is 0 Å². The van der Waals surface area contributed by atoms with Gasteiger partial charge in [-0.25, -0.2) is 0 Å². The maximum absolute atomic E-state index is 3.82. The molecule has 0 saturated carbocycles. The Bertz CT molecular complexity index is 321. The van der Waals surface area contributed by atoms with E-state index < -0.39 is 0 Å². The van der Waals surface area contributed by atoms with Gasteiger partial charge in [0.25, 0.3) is 0 Å². The van der Waals surface area contributed by atoms with Crippen molar-refractivity contribution < 1.29 is 0 Å². The maximum atomic E-state index is 3.82. The Labute approximate surface area is 87.7 Å². The molecule has 14 heavy (non-hydrogen) atoms. The highest BCUT2D eigenvalue weighted by Gasteiger charge is 2.06. The average molecular weight is 188 g/mol. The van der Waals surface area contributed by atoms with Gasteiger partial charge in [0.2, 0.25) is 0 Å². The van der Waals surface area contributed by atoms with E-state index in [4.69, 9.17) is 0 Å². The zero-order valence-corrected chi connectivity index (χ0v) is 9.67. The molecule has 1 rings (SSSR count). The highest BCUT2D eigenvalue weighted by molar-refractivity contribution is 5.35. The second-order valence-electron chi connectivity index (χ2n) is 4.30. The fourth-order valence-corrected chi connectivity index (χ4v) is 1.77. The number of hydrogen-bond donors (Lipinski definition) is 0. The molecule has 1 atom stereocenters. The number of aryl methyl sites for hydroxylation is 1. The minimum atomic E-state index is 0.454. The van der Waals surface area contributed by atoms with Crippen molar-refractivity contribution >= 4 is 0 Å². The van der Waals surface area contributed by atoms with E-state index >= 15 is 0 Å². The van der Waals surface area contributed by atoms with Crippen LogP contribution in [0, 0.1) is 6.92 Å². The molecule has 0 spiro atoms. The predicted molar refractivity (Wildman–Crippen MR) is 63.9 cm³/mol. The monoisotopic (exact) mass is 188 g/mol. The van der Waals surface area contributed by atoms with Crippen molar-refractivity contribution in [3.63, 3.8) is 0 Å². The van der Waals surface area contributed by atoms with Gasteiger partial charge in [0.1, 0.15) is 0 Å². The molecule has 0 aliphatic carbocycles. The molecule has 0 radical (unpaired) electrons. The lowest BCUT2D eigenvalue weighted by Gasteiger charge is -2.13. The topological polar surface area (TPSA) is 0 Å². The summed E-state index contributed by atoms with van der Waals surface area (Å²) in [6, 6.07) is 6.74. The third kappa shape index (κ3) is 2.25. The second-order valence-corrected chi connectivity index (χ2v) is 4.30. The van der Waals surface area contributed by atoms with Crippen LogP contribution >= 0.6 is 0 Å². The van der Waals surface area contributed by atoms with E-state index in [0.29, 0.717) is 11.8 Å². The van der Waals surface area contributed by atoms with E-state index in [1.807, 2.05) is 6.08 Å². The van der Waals surface area contributed by atoms with Crippen LogP contribution in [0.1, 0.15) is 49.3 Å². The molecule has 0 fully saturated rings. The lowest BCUT2D eigenvalue weighted by molar-refractivity contribution is 0.851. The first kappa shape index (κ1) is 11.0. The summed E-state index contributed by atoms with van der Waals surface area (Å²) in [5.41, 5.74) is 4.21. The van der Waals surface area contributed by atoms with Crippen molar-refractivity contribution in [2.45, 2.75) is 39.5 Å². The van der Waals surface area contributed by atoms with Crippen LogP contribution in [0.4, 0.5) is 0 Å². The first-order chi connectivity index (χ1) is 6.56. The van der Waals surface area contributed by atoms with Crippen LogP contribution in [0.15, 0.2) is 30.9 Å². The zero-order valence-electron chi connectivity index (χ0n) is 9.67. The van der Waals surface area contributed by atoms with Crippen LogP contribution in [-0.2, 0) is 0 Å². The molecule has 0 nitrogen and oxygen atoms in total. The van der Waals surface area contributed by atoms with E-state index in [2.05, 4.69) is 52.5 Å². The molecule has 1 aromatic carbocycles. The summed E-state index contributed by atoms with van der Waals surface area (Å²) in [4.78, 5) is 0. The Morgan fingerprint density at radius 3 is 2.29 bits per heavy atom. The van der Waals surface area contributed by atoms with Gasteiger partial charge in [0.15, 0.2) is 0 Å². The van der Waals surface area contributed by atoms with Gasteiger partial charge >= 0.3 is 0 Å². The largest absolute Gasteiger partial charge is 0.102 e. The van der Waals surface area contributed by atoms with Crippen LogP contribution in [0.25, 0.3) is 0 Å². The van der Waals surface area contributed by atoms with Gasteiger partial charge in [-0.2, -0.15) is 0 Å². The van der Waals surface area contributed by atoms with Gasteiger partial charge in [0.05, 0.1) is 0 Å². The standard InChI is InChI=1S/C14H20/c1-6-11(4)13-7-8-14(10(2)3)12(5)9-13/h6-11H,1H2,2-5H3. The third-order valence-corrected chi connectivity index (χ3v) is 2.80. The summed E-state index contributed by atoms with van der Waals surface area (Å²) in [7, 11) is 0. The number of allylic oxidation sites excluding steroid dienone is 1. The minimum absolute atomic E-state index is 0.454. The molecule has 0 saturated heterocycles. The SMILES string of the molecule is C=CC(C)c1ccc(C(C)C)c(C)c1. The molecule has 0 aromatic heterocycles. The van der Waals surface area contributed by atoms with Crippen molar-refractivity contribution in [3.8, 4) is 0 Å². The van der Waals surface area contributed by atoms with Crippen molar-refractivity contribution in [1.82, 2.24) is 0 Å². The van der Waals surface area contributed by atoms with Crippen molar-refractivity contribution in [3.05, 3.63) is 47.5 Å². The molecular weight excluding hydrogens is 168 g/mol. The van der Waals surface area contributed by atoms with E-state index in [9.17, 15) is 0 Å². The first-order valence-corrected chi connectivity index (χ1v) is 5.29. The number of hydrogen-bond acceptors (Lipinski definition) is 0. The molecular formula is C14H20. The molecule has 0 aliphatic rings. The minimum Gasteiger partial charge on any atom is -0.102 e. The molecule has 0 amide bonds. The normalized spacial score (nSPS) is 12.9. The molecule has 0 heteroatoms. The van der Waals surface area contributed by atoms with E-state index in [0.717, 1.165) is 0 Å². The van der Waals surface area contributed by atoms with E-state index in [-0.39, 0.29) is 0 Å². The smallest absolute Gasteiger partial charge is 0.00130 e. The summed E-state index contributed by atoms with van der Waals surface area (Å²) >= 11 is 0. The maximum Gasteiger partial charge on any atom is -0.00130 e. The van der Waals surface area contributed by atoms with Gasteiger partial charge in [-0.1, -0.05) is 45.0 Å². The summed E-state index contributed by atoms with van der Waals surface area (Å²) in [6.07, 6.45) is 1.99. The van der Waals surface area contributed by atoms with E-state index in [1.54, 1.807) is 0 Å². The second kappa shape index (κ2) is 4.45. The fourth-order valence-electron chi connectivity index (χ4n) is 1.77. The number of rotatable bonds is 3. The average Bonchev–Trinajstić information content (AvgIpc) is 2.15. The lowest BCUT2D eigenvalue weighted by Crippen LogP contribution is -1.95. The van der Waals surface area contributed by atoms with Gasteiger partial charge in [-0.3, -0.25) is 0 Å². The Morgan fingerprint density at radius 2 is 1.86 bits per heavy atom. The lowest BCUT2D eigenvalue weighted by atomic mass is 9.92. The molecule has 76 valence electrons. The van der Waals surface area contributed by atoms with Crippen molar-refractivity contribution in [2.75, 3.05) is 0 Å². The molecule has 0 bridgehead atoms. The van der Waals surface area contributed by atoms with Crippen LogP contribution in [-0.4, -0.2) is 0 Å². The highest BCUT2D eigenvalue weighted by atomic mass is 14.1. The molecule has 1 unspecified atom stereocenters. The molecule has 1 aromatic rings. The van der Waals surface area contributed by atoms with Crippen LogP contribution in [0.5, 0.6) is 0 Å².